The van der Waals surface area contributed by atoms with Crippen LogP contribution >= 0.6 is 0 Å². The van der Waals surface area contributed by atoms with Gasteiger partial charge in [0.15, 0.2) is 0 Å². The topological polar surface area (TPSA) is 55.1 Å². The molecule has 0 aliphatic rings. The molecule has 2 aromatic heterocycles. The number of aromatic nitrogens is 2. The molecule has 2 aromatic carbocycles. The van der Waals surface area contributed by atoms with Crippen molar-refractivity contribution >= 4 is 22.9 Å². The minimum Gasteiger partial charge on any atom is -0.478 e. The Kier molecular flexibility index (Phi) is 5.00. The molecule has 1 N–H and O–H groups in total. The number of aliphatic carboxylic acids is 1. The van der Waals surface area contributed by atoms with Crippen molar-refractivity contribution in [2.24, 2.45) is 0 Å². The van der Waals surface area contributed by atoms with Crippen LogP contribution in [0.5, 0.6) is 0 Å². The molecule has 0 fully saturated rings. The van der Waals surface area contributed by atoms with Crippen LogP contribution in [0, 0.1) is 6.92 Å². The number of carboxylic acid groups (broad SMARTS) is 1. The van der Waals surface area contributed by atoms with Gasteiger partial charge in [0.1, 0.15) is 0 Å². The van der Waals surface area contributed by atoms with Crippen molar-refractivity contribution in [3.63, 3.8) is 0 Å². The van der Waals surface area contributed by atoms with Crippen LogP contribution in [0.4, 0.5) is 0 Å². The molecule has 0 atom stereocenters. The van der Waals surface area contributed by atoms with Crippen LogP contribution in [0.3, 0.4) is 0 Å². The van der Waals surface area contributed by atoms with Gasteiger partial charge in [0.25, 0.3) is 0 Å². The van der Waals surface area contributed by atoms with Crippen LogP contribution in [0.15, 0.2) is 78.6 Å². The highest BCUT2D eigenvalue weighted by Gasteiger charge is 2.15. The summed E-state index contributed by atoms with van der Waals surface area (Å²) in [6, 6.07) is 20.5. The molecule has 0 saturated carbocycles. The Morgan fingerprint density at radius 3 is 2.52 bits per heavy atom. The van der Waals surface area contributed by atoms with Gasteiger partial charge in [-0.15, -0.1) is 0 Å². The molecule has 29 heavy (non-hydrogen) atoms. The van der Waals surface area contributed by atoms with Gasteiger partial charge < -0.3 is 9.67 Å². The fraction of sp³-hybridized carbons (Fsp3) is 0.120. The van der Waals surface area contributed by atoms with E-state index in [9.17, 15) is 4.79 Å². The number of rotatable bonds is 5. The lowest BCUT2D eigenvalue weighted by Crippen LogP contribution is -2.02. The molecule has 0 saturated heterocycles. The van der Waals surface area contributed by atoms with Crippen LogP contribution in [-0.4, -0.2) is 20.6 Å². The zero-order chi connectivity index (χ0) is 20.4. The summed E-state index contributed by atoms with van der Waals surface area (Å²) in [6.07, 6.45) is 5.37. The van der Waals surface area contributed by atoms with E-state index in [2.05, 4.69) is 58.9 Å². The van der Waals surface area contributed by atoms with Crippen LogP contribution in [0.25, 0.3) is 28.2 Å². The number of para-hydroxylation sites is 1. The van der Waals surface area contributed by atoms with Gasteiger partial charge in [-0.1, -0.05) is 42.5 Å². The van der Waals surface area contributed by atoms with Gasteiger partial charge in [0.2, 0.25) is 0 Å². The van der Waals surface area contributed by atoms with E-state index in [1.807, 2.05) is 24.4 Å². The lowest BCUT2D eigenvalue weighted by Gasteiger charge is -2.12. The number of nitrogens with zero attached hydrogens (tertiary/aromatic N) is 2. The molecule has 0 unspecified atom stereocenters. The van der Waals surface area contributed by atoms with Gasteiger partial charge in [-0.3, -0.25) is 4.98 Å². The number of hydrogen-bond acceptors (Lipinski definition) is 2. The van der Waals surface area contributed by atoms with E-state index in [0.29, 0.717) is 5.57 Å². The van der Waals surface area contributed by atoms with E-state index in [1.165, 1.54) is 22.2 Å². The number of pyridine rings is 1. The fourth-order valence-corrected chi connectivity index (χ4v) is 3.73. The second-order valence-corrected chi connectivity index (χ2v) is 7.19. The van der Waals surface area contributed by atoms with Crippen molar-refractivity contribution in [2.45, 2.75) is 20.4 Å². The third kappa shape index (κ3) is 3.69. The third-order valence-corrected chi connectivity index (χ3v) is 5.20. The largest absolute Gasteiger partial charge is 0.478 e. The van der Waals surface area contributed by atoms with Crippen LogP contribution < -0.4 is 0 Å². The number of hydrogen-bond donors (Lipinski definition) is 1. The van der Waals surface area contributed by atoms with Crippen molar-refractivity contribution in [1.29, 1.82) is 0 Å². The summed E-state index contributed by atoms with van der Waals surface area (Å²) in [6.45, 7) is 4.48. The summed E-state index contributed by atoms with van der Waals surface area (Å²) in [5.74, 6) is -0.899. The second kappa shape index (κ2) is 7.76. The minimum atomic E-state index is -0.899. The Morgan fingerprint density at radius 1 is 1.07 bits per heavy atom. The van der Waals surface area contributed by atoms with E-state index < -0.39 is 5.97 Å². The lowest BCUT2D eigenvalue weighted by atomic mass is 10.1. The second-order valence-electron chi connectivity index (χ2n) is 7.19. The molecule has 0 bridgehead atoms. The number of fused-ring (bicyclic) bond motifs is 1. The van der Waals surface area contributed by atoms with E-state index >= 15 is 0 Å². The number of benzene rings is 2. The number of aryl methyl sites for hydroxylation is 1. The smallest absolute Gasteiger partial charge is 0.331 e. The van der Waals surface area contributed by atoms with Crippen molar-refractivity contribution < 1.29 is 9.90 Å². The summed E-state index contributed by atoms with van der Waals surface area (Å²) in [7, 11) is 0. The Labute approximate surface area is 169 Å². The van der Waals surface area contributed by atoms with Gasteiger partial charge in [-0.2, -0.15) is 0 Å². The quantitative estimate of drug-likeness (QED) is 0.461. The van der Waals surface area contributed by atoms with E-state index in [1.54, 1.807) is 19.2 Å². The molecule has 4 aromatic rings. The first-order chi connectivity index (χ1) is 14.0. The van der Waals surface area contributed by atoms with E-state index in [0.717, 1.165) is 23.2 Å². The van der Waals surface area contributed by atoms with E-state index in [-0.39, 0.29) is 0 Å². The van der Waals surface area contributed by atoms with Crippen molar-refractivity contribution in [2.75, 3.05) is 0 Å². The highest BCUT2D eigenvalue weighted by Crippen LogP contribution is 2.33. The van der Waals surface area contributed by atoms with Crippen LogP contribution in [-0.2, 0) is 11.3 Å². The molecule has 0 aliphatic carbocycles. The zero-order valence-electron chi connectivity index (χ0n) is 16.5. The van der Waals surface area contributed by atoms with Crippen molar-refractivity contribution in [3.05, 3.63) is 95.3 Å². The summed E-state index contributed by atoms with van der Waals surface area (Å²) < 4.78 is 2.33. The molecule has 2 heterocycles. The number of carbonyl (C=O) groups is 1. The lowest BCUT2D eigenvalue weighted by molar-refractivity contribution is -0.132. The van der Waals surface area contributed by atoms with Gasteiger partial charge in [0.05, 0.1) is 5.69 Å². The maximum absolute atomic E-state index is 11.0. The zero-order valence-corrected chi connectivity index (χ0v) is 16.5. The molecule has 0 spiro atoms. The van der Waals surface area contributed by atoms with Gasteiger partial charge in [-0.25, -0.2) is 4.79 Å². The average Bonchev–Trinajstić information content (AvgIpc) is 3.02. The molecule has 4 nitrogen and oxygen atoms in total. The summed E-state index contributed by atoms with van der Waals surface area (Å²) in [5.41, 5.74) is 7.06. The Hall–Kier alpha value is -3.66. The minimum absolute atomic E-state index is 0.323. The maximum atomic E-state index is 11.0. The predicted molar refractivity (Wildman–Crippen MR) is 117 cm³/mol. The Morgan fingerprint density at radius 2 is 1.83 bits per heavy atom. The summed E-state index contributed by atoms with van der Waals surface area (Å²) >= 11 is 0. The predicted octanol–water partition coefficient (Wildman–Crippen LogP) is 5.55. The van der Waals surface area contributed by atoms with Gasteiger partial charge in [0, 0.05) is 41.0 Å². The highest BCUT2D eigenvalue weighted by molar-refractivity contribution is 5.92. The fourth-order valence-electron chi connectivity index (χ4n) is 3.73. The summed E-state index contributed by atoms with van der Waals surface area (Å²) in [4.78, 5) is 15.3. The third-order valence-electron chi connectivity index (χ3n) is 5.20. The Bertz CT molecular complexity index is 1200. The standard InChI is InChI=1S/C25H22N2O2/c1-17(25(28)29)14-19-9-11-20(12-10-19)16-27-23-8-4-3-7-22(23)18(2)24(27)21-6-5-13-26-15-21/h3-15H,16H2,1-2H3,(H,28,29). The first-order valence-corrected chi connectivity index (χ1v) is 9.53. The molecular weight excluding hydrogens is 360 g/mol. The molecular formula is C25H22N2O2. The molecule has 0 amide bonds. The monoisotopic (exact) mass is 382 g/mol. The Balaban J connectivity index is 1.77. The molecule has 0 aliphatic heterocycles. The summed E-state index contributed by atoms with van der Waals surface area (Å²) in [5, 5.41) is 10.3. The SMILES string of the molecule is CC(=Cc1ccc(Cn2c(-c3cccnc3)c(C)c3ccccc32)cc1)C(=O)O. The molecule has 4 heteroatoms. The normalized spacial score (nSPS) is 11.7. The first kappa shape index (κ1) is 18.7. The van der Waals surface area contributed by atoms with Crippen LogP contribution in [0.1, 0.15) is 23.6 Å². The van der Waals surface area contributed by atoms with Crippen molar-refractivity contribution in [1.82, 2.24) is 9.55 Å². The maximum Gasteiger partial charge on any atom is 0.331 e. The molecule has 144 valence electrons. The number of carboxylic acids is 1. The average molecular weight is 382 g/mol. The van der Waals surface area contributed by atoms with Gasteiger partial charge in [-0.05, 0) is 54.8 Å². The first-order valence-electron chi connectivity index (χ1n) is 9.53. The molecule has 4 rings (SSSR count). The van der Waals surface area contributed by atoms with E-state index in [4.69, 9.17) is 5.11 Å². The van der Waals surface area contributed by atoms with Crippen molar-refractivity contribution in [3.8, 4) is 11.3 Å². The highest BCUT2D eigenvalue weighted by atomic mass is 16.4. The molecule has 0 radical (unpaired) electrons. The van der Waals surface area contributed by atoms with Gasteiger partial charge >= 0.3 is 5.97 Å². The van der Waals surface area contributed by atoms with Crippen LogP contribution in [0.2, 0.25) is 0 Å².